The summed E-state index contributed by atoms with van der Waals surface area (Å²) in [6, 6.07) is -0.717. The van der Waals surface area contributed by atoms with Gasteiger partial charge < -0.3 is 10.2 Å². The first kappa shape index (κ1) is 9.70. The number of nitrogens with zero attached hydrogens (tertiary/aromatic N) is 3. The van der Waals surface area contributed by atoms with E-state index in [4.69, 9.17) is 0 Å². The van der Waals surface area contributed by atoms with E-state index in [1.807, 2.05) is 0 Å². The largest absolute Gasteiger partial charge is 0.344 e. The number of hydrogen-bond donors (Lipinski definition) is 1. The molecule has 0 radical (unpaired) electrons. The van der Waals surface area contributed by atoms with Crippen molar-refractivity contribution in [3.63, 3.8) is 0 Å². The van der Waals surface area contributed by atoms with Gasteiger partial charge in [-0.05, 0) is 6.42 Å². The van der Waals surface area contributed by atoms with Gasteiger partial charge in [0, 0.05) is 26.0 Å². The van der Waals surface area contributed by atoms with Crippen LogP contribution in [0.4, 0.5) is 4.79 Å². The molecule has 1 saturated heterocycles. The molecule has 0 saturated carbocycles. The van der Waals surface area contributed by atoms with Crippen LogP contribution < -0.4 is 5.32 Å². The highest BCUT2D eigenvalue weighted by Crippen LogP contribution is 2.08. The maximum absolute atomic E-state index is 11.6. The van der Waals surface area contributed by atoms with Crippen LogP contribution in [-0.2, 0) is 4.79 Å². The first-order valence-corrected chi connectivity index (χ1v) is 4.72. The van der Waals surface area contributed by atoms with E-state index < -0.39 is 6.04 Å². The summed E-state index contributed by atoms with van der Waals surface area (Å²) in [6.07, 6.45) is 5.12. The molecule has 2 heterocycles. The molecule has 1 N–H and O–H groups in total. The Balaban J connectivity index is 1.98. The number of nitrogens with one attached hydrogen (secondary N) is 1. The summed E-state index contributed by atoms with van der Waals surface area (Å²) in [6.45, 7) is 0.688. The summed E-state index contributed by atoms with van der Waals surface area (Å²) >= 11 is 0. The molecule has 1 aliphatic heterocycles. The van der Waals surface area contributed by atoms with Gasteiger partial charge in [-0.1, -0.05) is 0 Å². The third-order valence-electron chi connectivity index (χ3n) is 2.46. The van der Waals surface area contributed by atoms with E-state index in [1.54, 1.807) is 18.1 Å². The molecule has 1 aromatic rings. The number of likely N-dealkylation sites (tertiary alicyclic amines) is 1. The molecular formula is C9H12N4O2. The first-order valence-electron chi connectivity index (χ1n) is 4.72. The maximum Gasteiger partial charge on any atom is 0.327 e. The van der Waals surface area contributed by atoms with Crippen molar-refractivity contribution in [2.75, 3.05) is 13.6 Å². The fourth-order valence-electron chi connectivity index (χ4n) is 1.56. The lowest BCUT2D eigenvalue weighted by molar-refractivity contribution is -0.128. The smallest absolute Gasteiger partial charge is 0.327 e. The lowest BCUT2D eigenvalue weighted by Crippen LogP contribution is -2.42. The van der Waals surface area contributed by atoms with Crippen LogP contribution >= 0.6 is 0 Å². The summed E-state index contributed by atoms with van der Waals surface area (Å²) < 4.78 is 1.31. The third kappa shape index (κ3) is 1.83. The predicted octanol–water partition coefficient (Wildman–Crippen LogP) is -0.329. The van der Waals surface area contributed by atoms with Gasteiger partial charge in [-0.3, -0.25) is 9.36 Å². The Kier molecular flexibility index (Phi) is 2.40. The minimum atomic E-state index is -0.398. The number of imidazole rings is 1. The zero-order valence-electron chi connectivity index (χ0n) is 8.38. The molecule has 6 nitrogen and oxygen atoms in total. The Morgan fingerprint density at radius 2 is 2.47 bits per heavy atom. The highest BCUT2D eigenvalue weighted by Gasteiger charge is 2.30. The van der Waals surface area contributed by atoms with Crippen LogP contribution in [0, 0.1) is 0 Å². The van der Waals surface area contributed by atoms with Crippen LogP contribution in [0.15, 0.2) is 18.7 Å². The lowest BCUT2D eigenvalue weighted by atomic mass is 10.2. The van der Waals surface area contributed by atoms with Crippen LogP contribution in [-0.4, -0.2) is 46.0 Å². The molecule has 1 atom stereocenters. The van der Waals surface area contributed by atoms with Crippen LogP contribution in [0.3, 0.4) is 0 Å². The SMILES string of the molecule is CN1CCC(NC(=O)n2ccnc2)C1=O. The van der Waals surface area contributed by atoms with Crippen molar-refractivity contribution in [2.24, 2.45) is 0 Å². The third-order valence-corrected chi connectivity index (χ3v) is 2.46. The summed E-state index contributed by atoms with van der Waals surface area (Å²) in [5.74, 6) is -0.0385. The Bertz CT molecular complexity index is 373. The lowest BCUT2D eigenvalue weighted by Gasteiger charge is -2.11. The molecule has 1 aromatic heterocycles. The minimum Gasteiger partial charge on any atom is -0.344 e. The number of aromatic nitrogens is 2. The van der Waals surface area contributed by atoms with E-state index in [2.05, 4.69) is 10.3 Å². The predicted molar refractivity (Wildman–Crippen MR) is 52.2 cm³/mol. The molecule has 0 aliphatic carbocycles. The second-order valence-electron chi connectivity index (χ2n) is 3.52. The maximum atomic E-state index is 11.6. The Labute approximate surface area is 86.9 Å². The molecule has 1 fully saturated rings. The Morgan fingerprint density at radius 3 is 3.00 bits per heavy atom. The van der Waals surface area contributed by atoms with Gasteiger partial charge >= 0.3 is 6.03 Å². The van der Waals surface area contributed by atoms with Crippen molar-refractivity contribution in [2.45, 2.75) is 12.5 Å². The molecular weight excluding hydrogens is 196 g/mol. The van der Waals surface area contributed by atoms with E-state index in [9.17, 15) is 9.59 Å². The number of carbonyl (C=O) groups is 2. The Morgan fingerprint density at radius 1 is 1.67 bits per heavy atom. The van der Waals surface area contributed by atoms with Crippen molar-refractivity contribution in [1.29, 1.82) is 0 Å². The normalized spacial score (nSPS) is 20.7. The van der Waals surface area contributed by atoms with E-state index in [0.717, 1.165) is 0 Å². The van der Waals surface area contributed by atoms with E-state index in [0.29, 0.717) is 13.0 Å². The first-order chi connectivity index (χ1) is 7.18. The molecule has 80 valence electrons. The van der Waals surface area contributed by atoms with Gasteiger partial charge in [0.25, 0.3) is 0 Å². The van der Waals surface area contributed by atoms with E-state index >= 15 is 0 Å². The summed E-state index contributed by atoms with van der Waals surface area (Å²) in [5.41, 5.74) is 0. The van der Waals surface area contributed by atoms with Crippen LogP contribution in [0.1, 0.15) is 6.42 Å². The molecule has 0 spiro atoms. The fourth-order valence-corrected chi connectivity index (χ4v) is 1.56. The second kappa shape index (κ2) is 3.72. The van der Waals surface area contributed by atoms with Crippen molar-refractivity contribution >= 4 is 11.9 Å². The number of hydrogen-bond acceptors (Lipinski definition) is 3. The molecule has 1 unspecified atom stereocenters. The van der Waals surface area contributed by atoms with Gasteiger partial charge in [0.05, 0.1) is 0 Å². The zero-order chi connectivity index (χ0) is 10.8. The van der Waals surface area contributed by atoms with Crippen molar-refractivity contribution in [1.82, 2.24) is 19.8 Å². The van der Waals surface area contributed by atoms with Crippen LogP contribution in [0.2, 0.25) is 0 Å². The van der Waals surface area contributed by atoms with Crippen LogP contribution in [0.25, 0.3) is 0 Å². The molecule has 0 aromatic carbocycles. The van der Waals surface area contributed by atoms with E-state index in [-0.39, 0.29) is 11.9 Å². The summed E-state index contributed by atoms with van der Waals surface area (Å²) in [7, 11) is 1.73. The average molecular weight is 208 g/mol. The van der Waals surface area contributed by atoms with Crippen molar-refractivity contribution in [3.8, 4) is 0 Å². The van der Waals surface area contributed by atoms with Gasteiger partial charge in [0.1, 0.15) is 12.4 Å². The molecule has 2 rings (SSSR count). The van der Waals surface area contributed by atoms with Gasteiger partial charge in [-0.15, -0.1) is 0 Å². The van der Waals surface area contributed by atoms with E-state index in [1.165, 1.54) is 17.1 Å². The molecule has 2 amide bonds. The van der Waals surface area contributed by atoms with Gasteiger partial charge in [-0.2, -0.15) is 0 Å². The second-order valence-corrected chi connectivity index (χ2v) is 3.52. The van der Waals surface area contributed by atoms with Gasteiger partial charge in [0.15, 0.2) is 0 Å². The summed E-state index contributed by atoms with van der Waals surface area (Å²) in [4.78, 5) is 28.4. The number of carbonyl (C=O) groups excluding carboxylic acids is 2. The van der Waals surface area contributed by atoms with Crippen molar-refractivity contribution < 1.29 is 9.59 Å². The highest BCUT2D eigenvalue weighted by molar-refractivity contribution is 5.89. The highest BCUT2D eigenvalue weighted by atomic mass is 16.2. The zero-order valence-corrected chi connectivity index (χ0v) is 8.38. The monoisotopic (exact) mass is 208 g/mol. The summed E-state index contributed by atoms with van der Waals surface area (Å²) in [5, 5.41) is 2.65. The number of likely N-dealkylation sites (N-methyl/N-ethyl adjacent to an activating group) is 1. The molecule has 1 aliphatic rings. The average Bonchev–Trinajstić information content (AvgIpc) is 2.83. The topological polar surface area (TPSA) is 67.2 Å². The van der Waals surface area contributed by atoms with Gasteiger partial charge in [-0.25, -0.2) is 9.78 Å². The molecule has 6 heteroatoms. The van der Waals surface area contributed by atoms with Crippen LogP contribution in [0.5, 0.6) is 0 Å². The number of rotatable bonds is 1. The molecule has 0 bridgehead atoms. The standard InChI is InChI=1S/C9H12N4O2/c1-12-4-2-7(8(12)14)11-9(15)13-5-3-10-6-13/h3,5-7H,2,4H2,1H3,(H,11,15). The molecule has 15 heavy (non-hydrogen) atoms. The quantitative estimate of drug-likeness (QED) is 0.687. The Hall–Kier alpha value is -1.85. The van der Waals surface area contributed by atoms with Crippen molar-refractivity contribution in [3.05, 3.63) is 18.7 Å². The number of amides is 2. The fraction of sp³-hybridized carbons (Fsp3) is 0.444. The van der Waals surface area contributed by atoms with Gasteiger partial charge in [0.2, 0.25) is 5.91 Å². The minimum absolute atomic E-state index is 0.0385.